The Bertz CT molecular complexity index is 1100. The summed E-state index contributed by atoms with van der Waals surface area (Å²) in [5.74, 6) is -1.97. The van der Waals surface area contributed by atoms with Gasteiger partial charge in [-0.15, -0.1) is 0 Å². The van der Waals surface area contributed by atoms with Crippen LogP contribution in [0.2, 0.25) is 5.02 Å². The van der Waals surface area contributed by atoms with Crippen molar-refractivity contribution in [2.75, 3.05) is 6.61 Å². The number of esters is 2. The number of benzene rings is 2. The molecule has 32 heavy (non-hydrogen) atoms. The largest absolute Gasteiger partial charge is 0.461 e. The molecule has 0 bridgehead atoms. The minimum atomic E-state index is -0.737. The van der Waals surface area contributed by atoms with Crippen LogP contribution in [0.1, 0.15) is 23.5 Å². The predicted molar refractivity (Wildman–Crippen MR) is 120 cm³/mol. The number of allylic oxidation sites excluding steroid dienone is 1. The van der Waals surface area contributed by atoms with Crippen molar-refractivity contribution >= 4 is 23.5 Å². The summed E-state index contributed by atoms with van der Waals surface area (Å²) >= 11 is 6.15. The van der Waals surface area contributed by atoms with Gasteiger partial charge in [-0.05, 0) is 35.8 Å². The average Bonchev–Trinajstić information content (AvgIpc) is 2.82. The van der Waals surface area contributed by atoms with Crippen LogP contribution in [0.5, 0.6) is 0 Å². The van der Waals surface area contributed by atoms with Gasteiger partial charge < -0.3 is 14.8 Å². The Kier molecular flexibility index (Phi) is 8.24. The summed E-state index contributed by atoms with van der Waals surface area (Å²) < 4.78 is 10.5. The highest BCUT2D eigenvalue weighted by Crippen LogP contribution is 2.36. The van der Waals surface area contributed by atoms with Gasteiger partial charge in [0.15, 0.2) is 0 Å². The first-order chi connectivity index (χ1) is 15.6. The number of nitrogens with one attached hydrogen (secondary N) is 1. The lowest BCUT2D eigenvalue weighted by Gasteiger charge is -2.25. The minimum absolute atomic E-state index is 0.0410. The smallest absolute Gasteiger partial charge is 0.341 e. The number of hydrogen-bond acceptors (Lipinski definition) is 6. The van der Waals surface area contributed by atoms with Crippen molar-refractivity contribution in [3.05, 3.63) is 107 Å². The third-order valence-corrected chi connectivity index (χ3v) is 4.90. The second-order valence-electron chi connectivity index (χ2n) is 6.86. The zero-order chi connectivity index (χ0) is 22.8. The molecule has 1 heterocycles. The van der Waals surface area contributed by atoms with Crippen LogP contribution in [0.15, 0.2) is 90.5 Å². The van der Waals surface area contributed by atoms with E-state index in [1.54, 1.807) is 30.3 Å². The van der Waals surface area contributed by atoms with E-state index in [4.69, 9.17) is 26.3 Å². The number of carbonyl (C=O) groups excluding carboxylic acids is 2. The molecule has 162 valence electrons. The van der Waals surface area contributed by atoms with Gasteiger partial charge in [-0.2, -0.15) is 5.26 Å². The summed E-state index contributed by atoms with van der Waals surface area (Å²) in [5.41, 5.74) is 2.17. The van der Waals surface area contributed by atoms with Crippen molar-refractivity contribution in [2.45, 2.75) is 18.8 Å². The van der Waals surface area contributed by atoms with Crippen LogP contribution < -0.4 is 5.32 Å². The van der Waals surface area contributed by atoms with Gasteiger partial charge >= 0.3 is 11.9 Å². The van der Waals surface area contributed by atoms with Crippen molar-refractivity contribution < 1.29 is 19.1 Å². The van der Waals surface area contributed by atoms with Gasteiger partial charge in [0, 0.05) is 17.4 Å². The van der Waals surface area contributed by atoms with E-state index >= 15 is 0 Å². The maximum absolute atomic E-state index is 12.9. The Balaban J connectivity index is 1.78. The lowest BCUT2D eigenvalue weighted by atomic mass is 9.84. The van der Waals surface area contributed by atoms with Gasteiger partial charge in [-0.25, -0.2) is 9.59 Å². The summed E-state index contributed by atoms with van der Waals surface area (Å²) in [6.07, 6.45) is 6.73. The first-order valence-electron chi connectivity index (χ1n) is 9.95. The van der Waals surface area contributed by atoms with Crippen LogP contribution in [0.3, 0.4) is 0 Å². The number of ether oxygens (including phenoxy) is 2. The first kappa shape index (κ1) is 22.9. The summed E-state index contributed by atoms with van der Waals surface area (Å²) in [7, 11) is 0. The lowest BCUT2D eigenvalue weighted by Crippen LogP contribution is -2.26. The predicted octanol–water partition coefficient (Wildman–Crippen LogP) is 4.55. The summed E-state index contributed by atoms with van der Waals surface area (Å²) in [4.78, 5) is 25.5. The molecule has 3 rings (SSSR count). The topological polar surface area (TPSA) is 88.4 Å². The monoisotopic (exact) mass is 448 g/mol. The van der Waals surface area contributed by atoms with Crippen LogP contribution in [0.25, 0.3) is 0 Å². The van der Waals surface area contributed by atoms with E-state index in [9.17, 15) is 9.59 Å². The molecule has 1 aliphatic heterocycles. The minimum Gasteiger partial charge on any atom is -0.461 e. The van der Waals surface area contributed by atoms with Crippen LogP contribution in [0.4, 0.5) is 0 Å². The van der Waals surface area contributed by atoms with E-state index in [-0.39, 0.29) is 24.2 Å². The van der Waals surface area contributed by atoms with Gasteiger partial charge in [0.1, 0.15) is 6.61 Å². The fourth-order valence-corrected chi connectivity index (χ4v) is 3.40. The Labute approximate surface area is 191 Å². The quantitative estimate of drug-likeness (QED) is 0.362. The fraction of sp³-hybridized carbons (Fsp3) is 0.160. The van der Waals surface area contributed by atoms with E-state index in [1.165, 1.54) is 18.7 Å². The molecule has 7 heteroatoms. The van der Waals surface area contributed by atoms with E-state index in [0.717, 1.165) is 5.56 Å². The number of dihydropyridines is 1. The number of rotatable bonds is 8. The SMILES string of the molecule is N#CCCOC(=O)C1=CNC=C(C(=O)OC=CCc2ccccc2)C1c1cccc(Cl)c1. The molecule has 0 aliphatic carbocycles. The van der Waals surface area contributed by atoms with Crippen molar-refractivity contribution in [3.8, 4) is 6.07 Å². The zero-order valence-electron chi connectivity index (χ0n) is 17.2. The van der Waals surface area contributed by atoms with Crippen molar-refractivity contribution in [1.82, 2.24) is 5.32 Å². The zero-order valence-corrected chi connectivity index (χ0v) is 17.9. The number of hydrogen-bond donors (Lipinski definition) is 1. The molecule has 0 amide bonds. The van der Waals surface area contributed by atoms with Gasteiger partial charge in [0.2, 0.25) is 0 Å². The third kappa shape index (κ3) is 6.10. The molecule has 0 radical (unpaired) electrons. The number of nitriles is 1. The van der Waals surface area contributed by atoms with Crippen LogP contribution >= 0.6 is 11.6 Å². The molecular weight excluding hydrogens is 428 g/mol. The molecule has 1 unspecified atom stereocenters. The Morgan fingerprint density at radius 1 is 1.06 bits per heavy atom. The second-order valence-corrected chi connectivity index (χ2v) is 7.30. The molecule has 0 spiro atoms. The van der Waals surface area contributed by atoms with E-state index in [2.05, 4.69) is 5.32 Å². The van der Waals surface area contributed by atoms with Crippen LogP contribution in [0, 0.1) is 11.3 Å². The summed E-state index contributed by atoms with van der Waals surface area (Å²) in [6, 6.07) is 18.6. The molecule has 0 aromatic heterocycles. The molecule has 1 aliphatic rings. The normalized spacial score (nSPS) is 15.2. The van der Waals surface area contributed by atoms with Crippen LogP contribution in [-0.4, -0.2) is 18.5 Å². The van der Waals surface area contributed by atoms with E-state index < -0.39 is 17.9 Å². The Morgan fingerprint density at radius 2 is 1.81 bits per heavy atom. The van der Waals surface area contributed by atoms with Gasteiger partial charge in [-0.3, -0.25) is 0 Å². The lowest BCUT2D eigenvalue weighted by molar-refractivity contribution is -0.139. The highest BCUT2D eigenvalue weighted by Gasteiger charge is 2.34. The van der Waals surface area contributed by atoms with Gasteiger partial charge in [0.25, 0.3) is 0 Å². The standard InChI is InChI=1S/C25H21ClN2O4/c26-20-11-4-10-19(15-20)23-21(16-28-17-22(23)25(30)32-14-6-12-27)24(29)31-13-5-9-18-7-2-1-3-8-18/h1-5,7-8,10-11,13,15-17,23,28H,6,9,14H2. The third-order valence-electron chi connectivity index (χ3n) is 4.67. The molecule has 0 saturated carbocycles. The molecule has 1 atom stereocenters. The number of halogens is 1. The van der Waals surface area contributed by atoms with Crippen LogP contribution in [-0.2, 0) is 25.5 Å². The average molecular weight is 449 g/mol. The number of nitrogens with zero attached hydrogens (tertiary/aromatic N) is 1. The Hall–Kier alpha value is -3.82. The molecular formula is C25H21ClN2O4. The molecule has 0 saturated heterocycles. The van der Waals surface area contributed by atoms with E-state index in [0.29, 0.717) is 17.0 Å². The first-order valence-corrected chi connectivity index (χ1v) is 10.3. The van der Waals surface area contributed by atoms with Crippen molar-refractivity contribution in [1.29, 1.82) is 5.26 Å². The maximum Gasteiger partial charge on any atom is 0.341 e. The van der Waals surface area contributed by atoms with Gasteiger partial charge in [0.05, 0.1) is 35.8 Å². The molecule has 0 fully saturated rings. The van der Waals surface area contributed by atoms with Crippen molar-refractivity contribution in [3.63, 3.8) is 0 Å². The molecule has 2 aromatic carbocycles. The Morgan fingerprint density at radius 3 is 2.53 bits per heavy atom. The molecule has 2 aromatic rings. The summed E-state index contributed by atoms with van der Waals surface area (Å²) in [6.45, 7) is -0.0410. The summed E-state index contributed by atoms with van der Waals surface area (Å²) in [5, 5.41) is 12.0. The highest BCUT2D eigenvalue weighted by atomic mass is 35.5. The molecule has 6 nitrogen and oxygen atoms in total. The fourth-order valence-electron chi connectivity index (χ4n) is 3.20. The molecule has 1 N–H and O–H groups in total. The van der Waals surface area contributed by atoms with Crippen molar-refractivity contribution in [2.24, 2.45) is 0 Å². The second kappa shape index (κ2) is 11.5. The van der Waals surface area contributed by atoms with E-state index in [1.807, 2.05) is 36.4 Å². The number of carbonyl (C=O) groups is 2. The van der Waals surface area contributed by atoms with Gasteiger partial charge in [-0.1, -0.05) is 54.1 Å². The maximum atomic E-state index is 12.9. The highest BCUT2D eigenvalue weighted by molar-refractivity contribution is 6.30.